The van der Waals surface area contributed by atoms with Crippen molar-refractivity contribution in [3.8, 4) is 0 Å². The Balaban J connectivity index is 2.91. The molecule has 3 N–H and O–H groups in total. The Labute approximate surface area is 130 Å². The molecule has 1 aromatic rings. The standard InChI is InChI=1S/C15H22ClN3O2/c1-9(2)5-13(15(21)19(3)4)18-14(20)10-6-11(16)8-12(17)7-10/h6-9,13H,5,17H2,1-4H3,(H,18,20). The molecule has 0 aliphatic heterocycles. The lowest BCUT2D eigenvalue weighted by atomic mass is 10.0. The lowest BCUT2D eigenvalue weighted by Gasteiger charge is -2.23. The predicted molar refractivity (Wildman–Crippen MR) is 85.3 cm³/mol. The summed E-state index contributed by atoms with van der Waals surface area (Å²) in [6.45, 7) is 4.00. The second kappa shape index (κ2) is 7.31. The molecular weight excluding hydrogens is 290 g/mol. The van der Waals surface area contributed by atoms with Gasteiger partial charge in [0, 0.05) is 30.4 Å². The molecule has 5 nitrogen and oxygen atoms in total. The summed E-state index contributed by atoms with van der Waals surface area (Å²) in [5, 5.41) is 3.14. The van der Waals surface area contributed by atoms with Crippen LogP contribution in [0.1, 0.15) is 30.6 Å². The van der Waals surface area contributed by atoms with E-state index < -0.39 is 6.04 Å². The fraction of sp³-hybridized carbons (Fsp3) is 0.467. The van der Waals surface area contributed by atoms with Crippen molar-refractivity contribution in [1.29, 1.82) is 0 Å². The first-order valence-corrected chi connectivity index (χ1v) is 7.16. The van der Waals surface area contributed by atoms with Gasteiger partial charge in [0.05, 0.1) is 0 Å². The van der Waals surface area contributed by atoms with Gasteiger partial charge in [-0.1, -0.05) is 25.4 Å². The summed E-state index contributed by atoms with van der Waals surface area (Å²) in [6.07, 6.45) is 0.568. The van der Waals surface area contributed by atoms with E-state index in [1.807, 2.05) is 13.8 Å². The number of carbonyl (C=O) groups excluding carboxylic acids is 2. The number of likely N-dealkylation sites (N-methyl/N-ethyl adjacent to an activating group) is 1. The third-order valence-electron chi connectivity index (χ3n) is 2.93. The van der Waals surface area contributed by atoms with Crippen molar-refractivity contribution in [2.24, 2.45) is 5.92 Å². The maximum atomic E-state index is 12.3. The monoisotopic (exact) mass is 311 g/mol. The van der Waals surface area contributed by atoms with Crippen LogP contribution in [0.25, 0.3) is 0 Å². The Kier molecular flexibility index (Phi) is 6.03. The summed E-state index contributed by atoms with van der Waals surface area (Å²) >= 11 is 5.89. The molecule has 0 bridgehead atoms. The summed E-state index contributed by atoms with van der Waals surface area (Å²) in [4.78, 5) is 25.9. The average molecular weight is 312 g/mol. The Bertz CT molecular complexity index is 509. The van der Waals surface area contributed by atoms with Crippen molar-refractivity contribution in [1.82, 2.24) is 10.2 Å². The topological polar surface area (TPSA) is 75.4 Å². The Morgan fingerprint density at radius 3 is 2.38 bits per heavy atom. The summed E-state index contributed by atoms with van der Waals surface area (Å²) in [6, 6.07) is 4.07. The molecule has 0 saturated carbocycles. The van der Waals surface area contributed by atoms with Gasteiger partial charge < -0.3 is 16.0 Å². The first-order chi connectivity index (χ1) is 9.70. The van der Waals surface area contributed by atoms with E-state index in [9.17, 15) is 9.59 Å². The van der Waals surface area contributed by atoms with E-state index in [1.54, 1.807) is 20.2 Å². The first kappa shape index (κ1) is 17.3. The number of anilines is 1. The zero-order valence-electron chi connectivity index (χ0n) is 12.8. The smallest absolute Gasteiger partial charge is 0.252 e. The van der Waals surface area contributed by atoms with Gasteiger partial charge in [-0.05, 0) is 30.5 Å². The highest BCUT2D eigenvalue weighted by molar-refractivity contribution is 6.31. The second-order valence-corrected chi connectivity index (χ2v) is 6.10. The van der Waals surface area contributed by atoms with E-state index in [0.717, 1.165) is 0 Å². The SMILES string of the molecule is CC(C)CC(NC(=O)c1cc(N)cc(Cl)c1)C(=O)N(C)C. The van der Waals surface area contributed by atoms with Crippen LogP contribution in [0.5, 0.6) is 0 Å². The van der Waals surface area contributed by atoms with Crippen molar-refractivity contribution in [2.75, 3.05) is 19.8 Å². The molecule has 2 amide bonds. The average Bonchev–Trinajstić information content (AvgIpc) is 2.35. The predicted octanol–water partition coefficient (Wildman–Crippen LogP) is 2.15. The lowest BCUT2D eigenvalue weighted by Crippen LogP contribution is -2.46. The number of benzene rings is 1. The number of rotatable bonds is 5. The van der Waals surface area contributed by atoms with E-state index >= 15 is 0 Å². The summed E-state index contributed by atoms with van der Waals surface area (Å²) < 4.78 is 0. The van der Waals surface area contributed by atoms with Crippen LogP contribution in [-0.2, 0) is 4.79 Å². The minimum absolute atomic E-state index is 0.132. The number of nitrogens with two attached hydrogens (primary N) is 1. The van der Waals surface area contributed by atoms with Crippen molar-refractivity contribution < 1.29 is 9.59 Å². The fourth-order valence-corrected chi connectivity index (χ4v) is 2.23. The minimum atomic E-state index is -0.562. The maximum absolute atomic E-state index is 12.3. The Morgan fingerprint density at radius 1 is 1.29 bits per heavy atom. The highest BCUT2D eigenvalue weighted by Gasteiger charge is 2.24. The van der Waals surface area contributed by atoms with Gasteiger partial charge in [-0.25, -0.2) is 0 Å². The van der Waals surface area contributed by atoms with Gasteiger partial charge >= 0.3 is 0 Å². The van der Waals surface area contributed by atoms with E-state index in [-0.39, 0.29) is 17.7 Å². The molecule has 0 heterocycles. The van der Waals surface area contributed by atoms with Crippen molar-refractivity contribution in [3.05, 3.63) is 28.8 Å². The molecule has 0 aromatic heterocycles. The summed E-state index contributed by atoms with van der Waals surface area (Å²) in [5.74, 6) is -0.208. The Hall–Kier alpha value is -1.75. The molecule has 1 aromatic carbocycles. The van der Waals surface area contributed by atoms with E-state index in [4.69, 9.17) is 17.3 Å². The largest absolute Gasteiger partial charge is 0.399 e. The number of amides is 2. The number of nitrogen functional groups attached to an aromatic ring is 1. The number of halogens is 1. The fourth-order valence-electron chi connectivity index (χ4n) is 1.99. The van der Waals surface area contributed by atoms with Crippen LogP contribution in [0, 0.1) is 5.92 Å². The minimum Gasteiger partial charge on any atom is -0.399 e. The molecule has 0 spiro atoms. The van der Waals surface area contributed by atoms with Crippen LogP contribution in [0.15, 0.2) is 18.2 Å². The van der Waals surface area contributed by atoms with Crippen LogP contribution in [-0.4, -0.2) is 36.9 Å². The van der Waals surface area contributed by atoms with Gasteiger partial charge in [-0.2, -0.15) is 0 Å². The van der Waals surface area contributed by atoms with Crippen LogP contribution in [0.2, 0.25) is 5.02 Å². The maximum Gasteiger partial charge on any atom is 0.252 e. The van der Waals surface area contributed by atoms with Crippen molar-refractivity contribution >= 4 is 29.1 Å². The van der Waals surface area contributed by atoms with Gasteiger partial charge in [0.2, 0.25) is 5.91 Å². The van der Waals surface area contributed by atoms with E-state index in [1.165, 1.54) is 17.0 Å². The summed E-state index contributed by atoms with van der Waals surface area (Å²) in [5.41, 5.74) is 6.43. The molecule has 1 unspecified atom stereocenters. The molecule has 0 saturated heterocycles. The molecule has 0 aliphatic carbocycles. The zero-order chi connectivity index (χ0) is 16.2. The molecule has 6 heteroatoms. The molecule has 21 heavy (non-hydrogen) atoms. The van der Waals surface area contributed by atoms with Gasteiger partial charge in [0.15, 0.2) is 0 Å². The van der Waals surface area contributed by atoms with E-state index in [2.05, 4.69) is 5.32 Å². The third kappa shape index (κ3) is 5.27. The lowest BCUT2D eigenvalue weighted by molar-refractivity contribution is -0.131. The Morgan fingerprint density at radius 2 is 1.90 bits per heavy atom. The number of hydrogen-bond acceptors (Lipinski definition) is 3. The number of nitrogens with one attached hydrogen (secondary N) is 1. The highest BCUT2D eigenvalue weighted by Crippen LogP contribution is 2.17. The van der Waals surface area contributed by atoms with Crippen LogP contribution in [0.4, 0.5) is 5.69 Å². The van der Waals surface area contributed by atoms with Gasteiger partial charge in [-0.3, -0.25) is 9.59 Å². The molecule has 0 aliphatic rings. The van der Waals surface area contributed by atoms with Gasteiger partial charge in [0.1, 0.15) is 6.04 Å². The third-order valence-corrected chi connectivity index (χ3v) is 3.15. The summed E-state index contributed by atoms with van der Waals surface area (Å²) in [7, 11) is 3.33. The number of carbonyl (C=O) groups is 2. The normalized spacial score (nSPS) is 12.1. The van der Waals surface area contributed by atoms with Crippen molar-refractivity contribution in [2.45, 2.75) is 26.3 Å². The molecular formula is C15H22ClN3O2. The zero-order valence-corrected chi connectivity index (χ0v) is 13.6. The van der Waals surface area contributed by atoms with Gasteiger partial charge in [0.25, 0.3) is 5.91 Å². The highest BCUT2D eigenvalue weighted by atomic mass is 35.5. The van der Waals surface area contributed by atoms with E-state index in [0.29, 0.717) is 22.7 Å². The number of hydrogen-bond donors (Lipinski definition) is 2. The molecule has 116 valence electrons. The van der Waals surface area contributed by atoms with Crippen LogP contribution in [0.3, 0.4) is 0 Å². The molecule has 0 radical (unpaired) electrons. The first-order valence-electron chi connectivity index (χ1n) is 6.78. The van der Waals surface area contributed by atoms with Gasteiger partial charge in [-0.15, -0.1) is 0 Å². The second-order valence-electron chi connectivity index (χ2n) is 5.66. The molecule has 1 atom stereocenters. The van der Waals surface area contributed by atoms with Crippen LogP contribution >= 0.6 is 11.6 Å². The number of nitrogens with zero attached hydrogens (tertiary/aromatic N) is 1. The van der Waals surface area contributed by atoms with Crippen LogP contribution < -0.4 is 11.1 Å². The molecule has 1 rings (SSSR count). The molecule has 0 fully saturated rings. The quantitative estimate of drug-likeness (QED) is 0.818. The van der Waals surface area contributed by atoms with Crippen molar-refractivity contribution in [3.63, 3.8) is 0 Å².